The number of imidazole rings is 1. The van der Waals surface area contributed by atoms with Gasteiger partial charge in [0.25, 0.3) is 5.91 Å². The van der Waals surface area contributed by atoms with Crippen LogP contribution in [0.2, 0.25) is 0 Å². The normalized spacial score (nSPS) is 16.5. The lowest BCUT2D eigenvalue weighted by Crippen LogP contribution is -2.45. The Labute approximate surface area is 130 Å². The van der Waals surface area contributed by atoms with Crippen LogP contribution in [0.4, 0.5) is 0 Å². The van der Waals surface area contributed by atoms with Crippen molar-refractivity contribution >= 4 is 5.91 Å². The van der Waals surface area contributed by atoms with E-state index < -0.39 is 0 Å². The Balaban J connectivity index is 1.41. The highest BCUT2D eigenvalue weighted by Crippen LogP contribution is 2.12. The number of nitrogens with zero attached hydrogens (tertiary/aromatic N) is 2. The molecule has 0 spiro atoms. The molecular weight excluding hydrogens is 276 g/mol. The predicted octanol–water partition coefficient (Wildman–Crippen LogP) is 1.85. The fourth-order valence-corrected chi connectivity index (χ4v) is 2.86. The Morgan fingerprint density at radius 2 is 2.05 bits per heavy atom. The largest absolute Gasteiger partial charge is 0.349 e. The van der Waals surface area contributed by atoms with Crippen molar-refractivity contribution in [1.29, 1.82) is 0 Å². The van der Waals surface area contributed by atoms with Crippen molar-refractivity contribution in [1.82, 2.24) is 20.2 Å². The molecule has 0 radical (unpaired) electrons. The summed E-state index contributed by atoms with van der Waals surface area (Å²) in [4.78, 5) is 21.8. The maximum atomic E-state index is 12.1. The summed E-state index contributed by atoms with van der Waals surface area (Å²) in [5.41, 5.74) is 1.92. The monoisotopic (exact) mass is 298 g/mol. The molecule has 2 heterocycles. The van der Waals surface area contributed by atoms with Crippen LogP contribution in [0.5, 0.6) is 0 Å². The molecule has 1 amide bonds. The van der Waals surface area contributed by atoms with Crippen molar-refractivity contribution < 1.29 is 4.79 Å². The first-order valence-corrected chi connectivity index (χ1v) is 7.87. The van der Waals surface area contributed by atoms with Crippen LogP contribution >= 0.6 is 0 Å². The molecular formula is C17H22N4O. The molecule has 1 saturated heterocycles. The van der Waals surface area contributed by atoms with Crippen LogP contribution in [0, 0.1) is 0 Å². The van der Waals surface area contributed by atoms with Gasteiger partial charge < -0.3 is 15.2 Å². The number of hydrogen-bond acceptors (Lipinski definition) is 3. The zero-order valence-corrected chi connectivity index (χ0v) is 12.7. The third-order valence-electron chi connectivity index (χ3n) is 4.21. The Morgan fingerprint density at radius 3 is 2.73 bits per heavy atom. The minimum atomic E-state index is 0.0384. The molecule has 1 aliphatic rings. The summed E-state index contributed by atoms with van der Waals surface area (Å²) < 4.78 is 0. The maximum Gasteiger partial charge on any atom is 0.251 e. The smallest absolute Gasteiger partial charge is 0.251 e. The molecule has 2 N–H and O–H groups in total. The number of benzene rings is 1. The molecule has 1 fully saturated rings. The van der Waals surface area contributed by atoms with E-state index in [1.807, 2.05) is 36.5 Å². The van der Waals surface area contributed by atoms with Gasteiger partial charge in [0.15, 0.2) is 0 Å². The van der Waals surface area contributed by atoms with Crippen LogP contribution in [0.25, 0.3) is 0 Å². The Morgan fingerprint density at radius 1 is 1.27 bits per heavy atom. The lowest BCUT2D eigenvalue weighted by molar-refractivity contribution is 0.0911. The summed E-state index contributed by atoms with van der Waals surface area (Å²) in [6, 6.07) is 9.72. The van der Waals surface area contributed by atoms with Gasteiger partial charge in [-0.1, -0.05) is 18.2 Å². The van der Waals surface area contributed by atoms with Crippen LogP contribution in [0.1, 0.15) is 28.9 Å². The van der Waals surface area contributed by atoms with E-state index in [1.54, 1.807) is 6.33 Å². The Bertz CT molecular complexity index is 574. The number of aromatic amines is 1. The number of H-pyrrole nitrogens is 1. The molecule has 22 heavy (non-hydrogen) atoms. The number of piperidine rings is 1. The predicted molar refractivity (Wildman–Crippen MR) is 85.7 cm³/mol. The van der Waals surface area contributed by atoms with E-state index in [1.165, 1.54) is 5.69 Å². The third kappa shape index (κ3) is 3.95. The van der Waals surface area contributed by atoms with Crippen LogP contribution < -0.4 is 5.32 Å². The first-order chi connectivity index (χ1) is 10.8. The zero-order valence-electron chi connectivity index (χ0n) is 12.7. The van der Waals surface area contributed by atoms with Crippen molar-refractivity contribution in [3.05, 3.63) is 54.1 Å². The first-order valence-electron chi connectivity index (χ1n) is 7.87. The van der Waals surface area contributed by atoms with Crippen molar-refractivity contribution in [2.45, 2.75) is 25.3 Å². The first kappa shape index (κ1) is 14.8. The van der Waals surface area contributed by atoms with E-state index in [2.05, 4.69) is 20.2 Å². The Hall–Kier alpha value is -2.14. The molecule has 1 aliphatic heterocycles. The van der Waals surface area contributed by atoms with Gasteiger partial charge in [-0.15, -0.1) is 0 Å². The molecule has 2 aromatic rings. The molecule has 3 rings (SSSR count). The highest BCUT2D eigenvalue weighted by atomic mass is 16.1. The van der Waals surface area contributed by atoms with Crippen molar-refractivity contribution in [2.24, 2.45) is 0 Å². The lowest BCUT2D eigenvalue weighted by Gasteiger charge is -2.32. The van der Waals surface area contributed by atoms with Gasteiger partial charge in [-0.25, -0.2) is 4.98 Å². The summed E-state index contributed by atoms with van der Waals surface area (Å²) in [7, 11) is 0. The molecule has 1 aromatic carbocycles. The molecule has 116 valence electrons. The highest BCUT2D eigenvalue weighted by molar-refractivity contribution is 5.94. The second kappa shape index (κ2) is 7.22. The number of rotatable bonds is 5. The number of carbonyl (C=O) groups excluding carboxylic acids is 1. The van der Waals surface area contributed by atoms with Crippen LogP contribution in [-0.4, -0.2) is 46.5 Å². The van der Waals surface area contributed by atoms with E-state index in [-0.39, 0.29) is 11.9 Å². The molecule has 1 aromatic heterocycles. The van der Waals surface area contributed by atoms with Gasteiger partial charge in [0, 0.05) is 49.6 Å². The summed E-state index contributed by atoms with van der Waals surface area (Å²) in [6.07, 6.45) is 6.64. The van der Waals surface area contributed by atoms with Gasteiger partial charge in [0.2, 0.25) is 0 Å². The van der Waals surface area contributed by atoms with Gasteiger partial charge in [0.05, 0.1) is 6.33 Å². The Kier molecular flexibility index (Phi) is 4.85. The van der Waals surface area contributed by atoms with Gasteiger partial charge in [0.1, 0.15) is 0 Å². The summed E-state index contributed by atoms with van der Waals surface area (Å²) >= 11 is 0. The fraction of sp³-hybridized carbons (Fsp3) is 0.412. The summed E-state index contributed by atoms with van der Waals surface area (Å²) in [5, 5.41) is 3.14. The molecule has 0 bridgehead atoms. The average molecular weight is 298 g/mol. The van der Waals surface area contributed by atoms with Crippen molar-refractivity contribution in [3.8, 4) is 0 Å². The molecule has 5 nitrogen and oxygen atoms in total. The number of aromatic nitrogens is 2. The number of carbonyl (C=O) groups is 1. The minimum Gasteiger partial charge on any atom is -0.349 e. The molecule has 0 saturated carbocycles. The minimum absolute atomic E-state index is 0.0384. The molecule has 0 aliphatic carbocycles. The van der Waals surface area contributed by atoms with Gasteiger partial charge in [-0.2, -0.15) is 0 Å². The van der Waals surface area contributed by atoms with Crippen molar-refractivity contribution in [3.63, 3.8) is 0 Å². The van der Waals surface area contributed by atoms with E-state index in [9.17, 15) is 4.79 Å². The third-order valence-corrected chi connectivity index (χ3v) is 4.21. The standard InChI is InChI=1S/C17H22N4O/c22-17(14-4-2-1-3-5-14)20-15-6-9-21(10-7-15)11-8-16-12-18-13-19-16/h1-5,12-13,15H,6-11H2,(H,18,19)(H,20,22). The van der Waals surface area contributed by atoms with Gasteiger partial charge in [-0.05, 0) is 25.0 Å². The maximum absolute atomic E-state index is 12.1. The quantitative estimate of drug-likeness (QED) is 0.885. The number of amides is 1. The van der Waals surface area contributed by atoms with E-state index in [0.717, 1.165) is 44.5 Å². The second-order valence-corrected chi connectivity index (χ2v) is 5.78. The van der Waals surface area contributed by atoms with Crippen LogP contribution in [0.3, 0.4) is 0 Å². The zero-order chi connectivity index (χ0) is 15.2. The van der Waals surface area contributed by atoms with Crippen molar-refractivity contribution in [2.75, 3.05) is 19.6 Å². The molecule has 5 heteroatoms. The molecule has 0 unspecified atom stereocenters. The number of likely N-dealkylation sites (tertiary alicyclic amines) is 1. The van der Waals surface area contributed by atoms with E-state index in [4.69, 9.17) is 0 Å². The number of nitrogens with one attached hydrogen (secondary N) is 2. The van der Waals surface area contributed by atoms with E-state index >= 15 is 0 Å². The second-order valence-electron chi connectivity index (χ2n) is 5.78. The van der Waals surface area contributed by atoms with Gasteiger partial charge in [-0.3, -0.25) is 4.79 Å². The van der Waals surface area contributed by atoms with Crippen LogP contribution in [-0.2, 0) is 6.42 Å². The van der Waals surface area contributed by atoms with Crippen LogP contribution in [0.15, 0.2) is 42.9 Å². The highest BCUT2D eigenvalue weighted by Gasteiger charge is 2.20. The SMILES string of the molecule is O=C(NC1CCN(CCc2cnc[nH]2)CC1)c1ccccc1. The molecule has 0 atom stereocenters. The topological polar surface area (TPSA) is 61.0 Å². The van der Waals surface area contributed by atoms with E-state index in [0.29, 0.717) is 0 Å². The summed E-state index contributed by atoms with van der Waals surface area (Å²) in [6.45, 7) is 3.11. The summed E-state index contributed by atoms with van der Waals surface area (Å²) in [5.74, 6) is 0.0384. The van der Waals surface area contributed by atoms with Gasteiger partial charge >= 0.3 is 0 Å². The fourth-order valence-electron chi connectivity index (χ4n) is 2.86. The lowest BCUT2D eigenvalue weighted by atomic mass is 10.0. The average Bonchev–Trinajstić information content (AvgIpc) is 3.08. The number of hydrogen-bond donors (Lipinski definition) is 2.